The highest BCUT2D eigenvalue weighted by atomic mass is 16.5. The third-order valence-electron chi connectivity index (χ3n) is 7.91. The molecule has 0 aliphatic carbocycles. The molecule has 5 aromatic rings. The van der Waals surface area contributed by atoms with Crippen molar-refractivity contribution in [2.45, 2.75) is 6.92 Å². The summed E-state index contributed by atoms with van der Waals surface area (Å²) in [6.07, 6.45) is 5.61. The van der Waals surface area contributed by atoms with Crippen molar-refractivity contribution in [2.75, 3.05) is 67.7 Å². The third-order valence-corrected chi connectivity index (χ3v) is 7.91. The Labute approximate surface area is 245 Å². The molecule has 9 heteroatoms. The predicted octanol–water partition coefficient (Wildman–Crippen LogP) is 5.48. The fraction of sp³-hybridized carbons (Fsp3) is 0.273. The van der Waals surface area contributed by atoms with Gasteiger partial charge >= 0.3 is 0 Å². The molecule has 2 fully saturated rings. The predicted molar refractivity (Wildman–Crippen MR) is 167 cm³/mol. The lowest BCUT2D eigenvalue weighted by atomic mass is 10.00. The van der Waals surface area contributed by atoms with Gasteiger partial charge in [0.2, 0.25) is 0 Å². The molecule has 6 heterocycles. The summed E-state index contributed by atoms with van der Waals surface area (Å²) >= 11 is 0. The molecule has 1 aromatic carbocycles. The molecule has 9 nitrogen and oxygen atoms in total. The van der Waals surface area contributed by atoms with E-state index in [0.717, 1.165) is 88.2 Å². The first kappa shape index (κ1) is 26.3. The molecule has 0 unspecified atom stereocenters. The summed E-state index contributed by atoms with van der Waals surface area (Å²) in [6, 6.07) is 20.4. The Balaban J connectivity index is 1.42. The number of ether oxygens (including phenoxy) is 2. The van der Waals surface area contributed by atoms with Gasteiger partial charge in [0.05, 0.1) is 72.3 Å². The Morgan fingerprint density at radius 1 is 0.738 bits per heavy atom. The van der Waals surface area contributed by atoms with Crippen molar-refractivity contribution in [3.8, 4) is 22.6 Å². The van der Waals surface area contributed by atoms with E-state index in [0.29, 0.717) is 26.4 Å². The molecule has 2 aliphatic rings. The number of rotatable bonds is 6. The fourth-order valence-corrected chi connectivity index (χ4v) is 5.72. The van der Waals surface area contributed by atoms with Gasteiger partial charge in [-0.3, -0.25) is 9.97 Å². The number of aromatic nitrogens is 4. The maximum atomic E-state index is 5.66. The Morgan fingerprint density at radius 2 is 1.43 bits per heavy atom. The molecule has 7 rings (SSSR count). The lowest BCUT2D eigenvalue weighted by Gasteiger charge is -2.32. The molecule has 0 amide bonds. The Morgan fingerprint density at radius 3 is 2.12 bits per heavy atom. The van der Waals surface area contributed by atoms with Crippen molar-refractivity contribution in [1.29, 1.82) is 0 Å². The molecule has 0 atom stereocenters. The van der Waals surface area contributed by atoms with E-state index < -0.39 is 0 Å². The number of pyridine rings is 4. The number of nitrogens with zero attached hydrogens (tertiary/aromatic N) is 6. The topological polar surface area (TPSA) is 88.5 Å². The summed E-state index contributed by atoms with van der Waals surface area (Å²) in [5.41, 5.74) is 8.40. The second-order valence-electron chi connectivity index (χ2n) is 10.5. The second-order valence-corrected chi connectivity index (χ2v) is 10.5. The van der Waals surface area contributed by atoms with Crippen LogP contribution in [0.3, 0.4) is 0 Å². The zero-order chi connectivity index (χ0) is 28.3. The number of fused-ring (bicyclic) bond motifs is 1. The first-order chi connectivity index (χ1) is 20.8. The molecule has 0 spiro atoms. The summed E-state index contributed by atoms with van der Waals surface area (Å²) in [5, 5.41) is 4.87. The summed E-state index contributed by atoms with van der Waals surface area (Å²) in [4.78, 5) is 24.2. The highest BCUT2D eigenvalue weighted by Gasteiger charge is 2.23. The van der Waals surface area contributed by atoms with Gasteiger partial charge in [0, 0.05) is 55.1 Å². The van der Waals surface area contributed by atoms with E-state index >= 15 is 0 Å². The first-order valence-corrected chi connectivity index (χ1v) is 14.4. The average Bonchev–Trinajstić information content (AvgIpc) is 3.07. The highest BCUT2D eigenvalue weighted by molar-refractivity contribution is 6.04. The van der Waals surface area contributed by atoms with Crippen LogP contribution in [0, 0.1) is 6.92 Å². The maximum absolute atomic E-state index is 5.66. The first-order valence-electron chi connectivity index (χ1n) is 14.4. The van der Waals surface area contributed by atoms with Crippen molar-refractivity contribution in [3.05, 3.63) is 84.8 Å². The maximum Gasteiger partial charge on any atom is 0.152 e. The molecular formula is C33H33N7O2. The van der Waals surface area contributed by atoms with Crippen LogP contribution < -0.4 is 15.1 Å². The summed E-state index contributed by atoms with van der Waals surface area (Å²) in [6.45, 7) is 8.16. The molecule has 0 bridgehead atoms. The third kappa shape index (κ3) is 5.13. The lowest BCUT2D eigenvalue weighted by Crippen LogP contribution is -2.38. The van der Waals surface area contributed by atoms with Gasteiger partial charge < -0.3 is 24.6 Å². The van der Waals surface area contributed by atoms with E-state index in [2.05, 4.69) is 56.3 Å². The largest absolute Gasteiger partial charge is 0.378 e. The van der Waals surface area contributed by atoms with Crippen LogP contribution >= 0.6 is 0 Å². The molecule has 2 saturated heterocycles. The zero-order valence-electron chi connectivity index (χ0n) is 23.7. The second kappa shape index (κ2) is 11.7. The van der Waals surface area contributed by atoms with Crippen molar-refractivity contribution in [1.82, 2.24) is 19.9 Å². The number of hydrogen-bond acceptors (Lipinski definition) is 9. The number of anilines is 4. The molecular weight excluding hydrogens is 526 g/mol. The Hall–Kier alpha value is -4.60. The van der Waals surface area contributed by atoms with E-state index in [1.807, 2.05) is 55.0 Å². The summed E-state index contributed by atoms with van der Waals surface area (Å²) in [5.74, 6) is 0.917. The molecule has 0 saturated carbocycles. The van der Waals surface area contributed by atoms with E-state index in [1.165, 1.54) is 0 Å². The van der Waals surface area contributed by atoms with E-state index in [9.17, 15) is 0 Å². The number of nitrogens with one attached hydrogen (secondary N) is 1. The van der Waals surface area contributed by atoms with E-state index in [-0.39, 0.29) is 0 Å². The minimum Gasteiger partial charge on any atom is -0.378 e. The molecule has 4 aromatic heterocycles. The van der Waals surface area contributed by atoms with Gasteiger partial charge in [-0.05, 0) is 37.3 Å². The molecule has 212 valence electrons. The van der Waals surface area contributed by atoms with Gasteiger partial charge in [-0.2, -0.15) is 0 Å². The monoisotopic (exact) mass is 559 g/mol. The quantitative estimate of drug-likeness (QED) is 0.291. The van der Waals surface area contributed by atoms with Gasteiger partial charge in [0.1, 0.15) is 0 Å². The minimum atomic E-state index is 0.681. The van der Waals surface area contributed by atoms with Crippen LogP contribution in [0.15, 0.2) is 79.3 Å². The highest BCUT2D eigenvalue weighted by Crippen LogP contribution is 2.40. The standard InChI is InChI=1S/C33H33N7O2/c1-23-30(37-29-21-24(39-13-17-41-18-14-39)22-36-33(29)40-15-19-42-20-16-40)26-8-6-7-25(27-9-2-4-11-34-27)32(26)38-31(23)28-10-3-5-12-35-28/h2-12,21-22H,13-20H2,1H3,(H,37,38). The SMILES string of the molecule is Cc1c(-c2ccccn2)nc2c(-c3ccccn3)cccc2c1Nc1cc(N2CCOCC2)cnc1N1CCOCC1. The van der Waals surface area contributed by atoms with Crippen molar-refractivity contribution in [2.24, 2.45) is 0 Å². The van der Waals surface area contributed by atoms with E-state index in [1.54, 1.807) is 0 Å². The van der Waals surface area contributed by atoms with E-state index in [4.69, 9.17) is 19.4 Å². The molecule has 0 radical (unpaired) electrons. The van der Waals surface area contributed by atoms with Crippen LogP contribution in [0.25, 0.3) is 33.5 Å². The normalized spacial score (nSPS) is 15.6. The minimum absolute atomic E-state index is 0.681. The zero-order valence-corrected chi connectivity index (χ0v) is 23.7. The van der Waals surface area contributed by atoms with Crippen LogP contribution in [0.5, 0.6) is 0 Å². The van der Waals surface area contributed by atoms with Gasteiger partial charge in [-0.15, -0.1) is 0 Å². The lowest BCUT2D eigenvalue weighted by molar-refractivity contribution is 0.122. The van der Waals surface area contributed by atoms with Crippen LogP contribution in [-0.2, 0) is 9.47 Å². The number of para-hydroxylation sites is 1. The van der Waals surface area contributed by atoms with Crippen LogP contribution in [0.1, 0.15) is 5.56 Å². The van der Waals surface area contributed by atoms with Crippen LogP contribution in [-0.4, -0.2) is 72.5 Å². The van der Waals surface area contributed by atoms with Crippen molar-refractivity contribution in [3.63, 3.8) is 0 Å². The molecule has 2 aliphatic heterocycles. The van der Waals surface area contributed by atoms with Gasteiger partial charge in [0.15, 0.2) is 5.82 Å². The number of morpholine rings is 2. The summed E-state index contributed by atoms with van der Waals surface area (Å²) in [7, 11) is 0. The fourth-order valence-electron chi connectivity index (χ4n) is 5.72. The Bertz CT molecular complexity index is 1690. The van der Waals surface area contributed by atoms with Gasteiger partial charge in [-0.1, -0.05) is 30.3 Å². The Kier molecular flexibility index (Phi) is 7.34. The molecule has 42 heavy (non-hydrogen) atoms. The smallest absolute Gasteiger partial charge is 0.152 e. The average molecular weight is 560 g/mol. The molecule has 1 N–H and O–H groups in total. The van der Waals surface area contributed by atoms with Crippen molar-refractivity contribution < 1.29 is 9.47 Å². The van der Waals surface area contributed by atoms with Crippen LogP contribution in [0.4, 0.5) is 22.9 Å². The van der Waals surface area contributed by atoms with Gasteiger partial charge in [0.25, 0.3) is 0 Å². The number of benzene rings is 1. The van der Waals surface area contributed by atoms with Crippen molar-refractivity contribution >= 4 is 33.8 Å². The van der Waals surface area contributed by atoms with Crippen LogP contribution in [0.2, 0.25) is 0 Å². The van der Waals surface area contributed by atoms with Gasteiger partial charge in [-0.25, -0.2) is 9.97 Å². The summed E-state index contributed by atoms with van der Waals surface area (Å²) < 4.78 is 11.3. The number of hydrogen-bond donors (Lipinski definition) is 1.